The van der Waals surface area contributed by atoms with Crippen molar-refractivity contribution in [3.05, 3.63) is 0 Å². The monoisotopic (exact) mass is 274 g/mol. The molecule has 116 valence electrons. The molecular weight excluding hydrogens is 240 g/mol. The number of amides is 1. The standard InChI is InChI=1S/C7H15N.C6H13NO2.C2H6/c1-7(2)4-5-8(3)6-7;1-6(2,9-3)4-7-5-8;1-2/h4-6H2,1-3H3;5H,4H2,1-3H3,(H,7,8);1-2H3. The van der Waals surface area contributed by atoms with Crippen LogP contribution in [0.25, 0.3) is 0 Å². The van der Waals surface area contributed by atoms with Gasteiger partial charge < -0.3 is 15.0 Å². The first kappa shape index (κ1) is 20.7. The molecule has 0 aliphatic carbocycles. The molecule has 1 aliphatic rings. The fourth-order valence-corrected chi connectivity index (χ4v) is 1.74. The Labute approximate surface area is 119 Å². The van der Waals surface area contributed by atoms with Crippen LogP contribution in [0.5, 0.6) is 0 Å². The summed E-state index contributed by atoms with van der Waals surface area (Å²) in [7, 11) is 3.81. The summed E-state index contributed by atoms with van der Waals surface area (Å²) >= 11 is 0. The molecule has 4 nitrogen and oxygen atoms in total. The van der Waals surface area contributed by atoms with Crippen molar-refractivity contribution < 1.29 is 9.53 Å². The van der Waals surface area contributed by atoms with Crippen LogP contribution in [0.15, 0.2) is 0 Å². The number of hydrogen-bond acceptors (Lipinski definition) is 3. The van der Waals surface area contributed by atoms with E-state index in [4.69, 9.17) is 4.74 Å². The van der Waals surface area contributed by atoms with Crippen LogP contribution in [0.4, 0.5) is 0 Å². The Morgan fingerprint density at radius 1 is 1.37 bits per heavy atom. The Morgan fingerprint density at radius 3 is 2.11 bits per heavy atom. The van der Waals surface area contributed by atoms with Gasteiger partial charge in [-0.25, -0.2) is 0 Å². The predicted molar refractivity (Wildman–Crippen MR) is 82.4 cm³/mol. The van der Waals surface area contributed by atoms with Crippen molar-refractivity contribution in [3.63, 3.8) is 0 Å². The molecule has 1 N–H and O–H groups in total. The first-order chi connectivity index (χ1) is 8.72. The molecule has 1 fully saturated rings. The summed E-state index contributed by atoms with van der Waals surface area (Å²) in [6, 6.07) is 0. The van der Waals surface area contributed by atoms with Gasteiger partial charge in [0.15, 0.2) is 0 Å². The van der Waals surface area contributed by atoms with Gasteiger partial charge >= 0.3 is 0 Å². The minimum atomic E-state index is -0.249. The minimum absolute atomic E-state index is 0.249. The van der Waals surface area contributed by atoms with Crippen LogP contribution in [0.3, 0.4) is 0 Å². The molecule has 1 saturated heterocycles. The molecule has 0 radical (unpaired) electrons. The zero-order valence-electron chi connectivity index (χ0n) is 14.2. The molecule has 1 aliphatic heterocycles. The molecule has 0 saturated carbocycles. The Balaban J connectivity index is 0. The molecule has 0 atom stereocenters. The molecule has 1 heterocycles. The summed E-state index contributed by atoms with van der Waals surface area (Å²) in [5, 5.41) is 2.53. The molecular formula is C15H34N2O2. The zero-order chi connectivity index (χ0) is 15.5. The third kappa shape index (κ3) is 12.2. The highest BCUT2D eigenvalue weighted by Crippen LogP contribution is 2.27. The first-order valence-electron chi connectivity index (χ1n) is 7.13. The maximum atomic E-state index is 9.80. The van der Waals surface area contributed by atoms with E-state index in [1.165, 1.54) is 19.5 Å². The maximum Gasteiger partial charge on any atom is 0.207 e. The number of nitrogens with zero attached hydrogens (tertiary/aromatic N) is 1. The lowest BCUT2D eigenvalue weighted by Gasteiger charge is -2.21. The number of carbonyl (C=O) groups is 1. The van der Waals surface area contributed by atoms with Crippen molar-refractivity contribution in [2.45, 2.75) is 53.6 Å². The van der Waals surface area contributed by atoms with Crippen LogP contribution in [0.1, 0.15) is 48.0 Å². The lowest BCUT2D eigenvalue weighted by molar-refractivity contribution is -0.110. The minimum Gasteiger partial charge on any atom is -0.377 e. The lowest BCUT2D eigenvalue weighted by Crippen LogP contribution is -2.35. The highest BCUT2D eigenvalue weighted by Gasteiger charge is 2.26. The van der Waals surface area contributed by atoms with Crippen molar-refractivity contribution in [2.24, 2.45) is 5.41 Å². The molecule has 0 spiro atoms. The zero-order valence-corrected chi connectivity index (χ0v) is 14.2. The molecule has 4 heteroatoms. The molecule has 0 unspecified atom stereocenters. The van der Waals surface area contributed by atoms with E-state index in [-0.39, 0.29) is 5.60 Å². The van der Waals surface area contributed by atoms with Crippen molar-refractivity contribution in [1.29, 1.82) is 0 Å². The Morgan fingerprint density at radius 2 is 1.89 bits per heavy atom. The quantitative estimate of drug-likeness (QED) is 0.801. The van der Waals surface area contributed by atoms with Crippen molar-refractivity contribution >= 4 is 6.41 Å². The van der Waals surface area contributed by atoms with Gasteiger partial charge in [0.1, 0.15) is 0 Å². The van der Waals surface area contributed by atoms with E-state index in [0.29, 0.717) is 18.4 Å². The summed E-state index contributed by atoms with van der Waals surface area (Å²) in [6.07, 6.45) is 2.03. The van der Waals surface area contributed by atoms with E-state index in [1.807, 2.05) is 27.7 Å². The van der Waals surface area contributed by atoms with Crippen molar-refractivity contribution in [2.75, 3.05) is 33.8 Å². The molecule has 1 rings (SSSR count). The summed E-state index contributed by atoms with van der Waals surface area (Å²) in [6.45, 7) is 15.6. The van der Waals surface area contributed by atoms with Crippen LogP contribution in [-0.4, -0.2) is 50.7 Å². The number of ether oxygens (including phenoxy) is 1. The van der Waals surface area contributed by atoms with E-state index in [1.54, 1.807) is 7.11 Å². The summed E-state index contributed by atoms with van der Waals surface area (Å²) < 4.78 is 5.02. The van der Waals surface area contributed by atoms with E-state index in [2.05, 4.69) is 31.1 Å². The van der Waals surface area contributed by atoms with E-state index >= 15 is 0 Å². The second-order valence-corrected chi connectivity index (χ2v) is 6.11. The van der Waals surface area contributed by atoms with Gasteiger partial charge in [-0.3, -0.25) is 4.79 Å². The molecule has 0 aromatic heterocycles. The van der Waals surface area contributed by atoms with Gasteiger partial charge in [0, 0.05) is 20.2 Å². The smallest absolute Gasteiger partial charge is 0.207 e. The van der Waals surface area contributed by atoms with Crippen molar-refractivity contribution in [1.82, 2.24) is 10.2 Å². The van der Waals surface area contributed by atoms with E-state index in [9.17, 15) is 4.79 Å². The van der Waals surface area contributed by atoms with Gasteiger partial charge in [-0.05, 0) is 39.3 Å². The average Bonchev–Trinajstić information content (AvgIpc) is 2.68. The van der Waals surface area contributed by atoms with Crippen LogP contribution < -0.4 is 5.32 Å². The van der Waals surface area contributed by atoms with E-state index in [0.717, 1.165) is 0 Å². The number of rotatable bonds is 4. The van der Waals surface area contributed by atoms with Crippen LogP contribution in [-0.2, 0) is 9.53 Å². The SMILES string of the molecule is CC.CN1CCC(C)(C)C1.COC(C)(C)CNC=O. The van der Waals surface area contributed by atoms with Crippen molar-refractivity contribution in [3.8, 4) is 0 Å². The van der Waals surface area contributed by atoms with Crippen LogP contribution in [0.2, 0.25) is 0 Å². The second-order valence-electron chi connectivity index (χ2n) is 6.11. The third-order valence-corrected chi connectivity index (χ3v) is 3.03. The molecule has 1 amide bonds. The fraction of sp³-hybridized carbons (Fsp3) is 0.933. The first-order valence-corrected chi connectivity index (χ1v) is 7.13. The Kier molecular flexibility index (Phi) is 11.1. The van der Waals surface area contributed by atoms with Gasteiger partial charge in [0.05, 0.1) is 5.60 Å². The maximum absolute atomic E-state index is 9.80. The number of likely N-dealkylation sites (tertiary alicyclic amines) is 1. The predicted octanol–water partition coefficient (Wildman–Crippen LogP) is 2.53. The number of nitrogens with one attached hydrogen (secondary N) is 1. The highest BCUT2D eigenvalue weighted by molar-refractivity contribution is 5.45. The lowest BCUT2D eigenvalue weighted by atomic mass is 9.93. The normalized spacial score (nSPS) is 17.7. The van der Waals surface area contributed by atoms with Gasteiger partial charge in [0.25, 0.3) is 0 Å². The van der Waals surface area contributed by atoms with Gasteiger partial charge in [-0.15, -0.1) is 0 Å². The molecule has 0 aromatic rings. The fourth-order valence-electron chi connectivity index (χ4n) is 1.74. The van der Waals surface area contributed by atoms with E-state index < -0.39 is 0 Å². The summed E-state index contributed by atoms with van der Waals surface area (Å²) in [4.78, 5) is 12.2. The summed E-state index contributed by atoms with van der Waals surface area (Å²) in [5.74, 6) is 0. The average molecular weight is 274 g/mol. The topological polar surface area (TPSA) is 41.6 Å². The third-order valence-electron chi connectivity index (χ3n) is 3.03. The Hall–Kier alpha value is -0.610. The second kappa shape index (κ2) is 10.2. The molecule has 0 bridgehead atoms. The number of carbonyl (C=O) groups excluding carboxylic acids is 1. The van der Waals surface area contributed by atoms with Gasteiger partial charge in [-0.2, -0.15) is 0 Å². The molecule has 0 aromatic carbocycles. The number of hydrogen-bond donors (Lipinski definition) is 1. The van der Waals surface area contributed by atoms with Gasteiger partial charge in [-0.1, -0.05) is 27.7 Å². The highest BCUT2D eigenvalue weighted by atomic mass is 16.5. The summed E-state index contributed by atoms with van der Waals surface area (Å²) in [5.41, 5.74) is 0.343. The van der Waals surface area contributed by atoms with Crippen LogP contribution in [0, 0.1) is 5.41 Å². The number of methoxy groups -OCH3 is 1. The van der Waals surface area contributed by atoms with Gasteiger partial charge in [0.2, 0.25) is 6.41 Å². The Bertz CT molecular complexity index is 228. The largest absolute Gasteiger partial charge is 0.377 e. The van der Waals surface area contributed by atoms with Crippen LogP contribution >= 0.6 is 0 Å². The molecule has 19 heavy (non-hydrogen) atoms.